The van der Waals surface area contributed by atoms with Crippen LogP contribution in [0.5, 0.6) is 0 Å². The van der Waals surface area contributed by atoms with Crippen LogP contribution < -0.4 is 59.1 Å². The molecule has 16 heteroatoms. The van der Waals surface area contributed by atoms with E-state index in [4.69, 9.17) is 0 Å². The van der Waals surface area contributed by atoms with Gasteiger partial charge in [0.25, 0.3) is 11.4 Å². The summed E-state index contributed by atoms with van der Waals surface area (Å²) in [4.78, 5) is 17.6. The summed E-state index contributed by atoms with van der Waals surface area (Å²) in [6, 6.07) is 1.69. The summed E-state index contributed by atoms with van der Waals surface area (Å²) in [5.41, 5.74) is -2.19. The van der Waals surface area contributed by atoms with E-state index in [1.54, 1.807) is 0 Å². The molecule has 2 rings (SSSR count). The van der Waals surface area contributed by atoms with Crippen LogP contribution in [-0.2, 0) is 20.2 Å². The van der Waals surface area contributed by atoms with Crippen molar-refractivity contribution in [1.29, 1.82) is 0 Å². The van der Waals surface area contributed by atoms with Gasteiger partial charge in [-0.2, -0.15) is 0 Å². The fraction of sp³-hybridized carbons (Fsp3) is 0. The summed E-state index contributed by atoms with van der Waals surface area (Å²) in [7, 11) is -10.4. The molecule has 0 N–H and O–H groups in total. The van der Waals surface area contributed by atoms with Gasteiger partial charge in [0.05, 0.1) is 19.6 Å². The Morgan fingerprint density at radius 1 is 0.692 bits per heavy atom. The third kappa shape index (κ3) is 5.19. The number of rotatable bonds is 4. The summed E-state index contributed by atoms with van der Waals surface area (Å²) in [6.07, 6.45) is 0. The predicted octanol–water partition coefficient (Wildman–Crippen LogP) is -5.53. The number of benzene rings is 2. The van der Waals surface area contributed by atoms with Gasteiger partial charge in [0.15, 0.2) is 0 Å². The smallest absolute Gasteiger partial charge is 0.744 e. The summed E-state index contributed by atoms with van der Waals surface area (Å²) >= 11 is 0. The van der Waals surface area contributed by atoms with Crippen molar-refractivity contribution >= 4 is 42.4 Å². The maximum Gasteiger partial charge on any atom is 1.00 e. The molecule has 0 spiro atoms. The quantitative estimate of drug-likeness (QED) is 0.198. The third-order valence-electron chi connectivity index (χ3n) is 2.93. The molecule has 0 saturated heterocycles. The van der Waals surface area contributed by atoms with E-state index in [0.29, 0.717) is 24.3 Å². The minimum absolute atomic E-state index is 0. The van der Waals surface area contributed by atoms with Crippen molar-refractivity contribution in [3.63, 3.8) is 0 Å². The van der Waals surface area contributed by atoms with Crippen LogP contribution in [-0.4, -0.2) is 35.8 Å². The van der Waals surface area contributed by atoms with Gasteiger partial charge in [-0.05, 0) is 17.5 Å². The third-order valence-corrected chi connectivity index (χ3v) is 4.55. The Morgan fingerprint density at radius 2 is 1.00 bits per heavy atom. The molecule has 0 amide bonds. The van der Waals surface area contributed by atoms with Crippen LogP contribution in [0.1, 0.15) is 0 Å². The van der Waals surface area contributed by atoms with Gasteiger partial charge >= 0.3 is 59.1 Å². The van der Waals surface area contributed by atoms with Gasteiger partial charge < -0.3 is 9.11 Å². The van der Waals surface area contributed by atoms with E-state index in [-0.39, 0.29) is 59.1 Å². The van der Waals surface area contributed by atoms with E-state index in [9.17, 15) is 46.2 Å². The standard InChI is InChI=1S/C10H6N2O10S2.2Na/c13-11(14)8-3-6(23(17,18)19)1-5-2-7(24(20,21)22)4-9(10(5)8)12(15)16;;/h1-4H,(H,17,18,19)(H,20,21,22);;/q;2*+1/p-2. The van der Waals surface area contributed by atoms with Crippen molar-refractivity contribution in [1.82, 2.24) is 0 Å². The van der Waals surface area contributed by atoms with E-state index in [1.165, 1.54) is 0 Å². The zero-order valence-electron chi connectivity index (χ0n) is 13.1. The van der Waals surface area contributed by atoms with Crippen LogP contribution >= 0.6 is 0 Å². The van der Waals surface area contributed by atoms with Crippen LogP contribution in [0.25, 0.3) is 10.8 Å². The van der Waals surface area contributed by atoms with Crippen molar-refractivity contribution in [3.8, 4) is 0 Å². The minimum Gasteiger partial charge on any atom is -0.744 e. The first-order valence-corrected chi connectivity index (χ1v) is 8.46. The topological polar surface area (TPSA) is 201 Å². The van der Waals surface area contributed by atoms with Crippen LogP contribution in [0.15, 0.2) is 34.1 Å². The van der Waals surface area contributed by atoms with Crippen molar-refractivity contribution in [2.24, 2.45) is 0 Å². The van der Waals surface area contributed by atoms with Crippen molar-refractivity contribution < 1.29 is 94.9 Å². The molecule has 0 atom stereocenters. The number of hydrogen-bond acceptors (Lipinski definition) is 10. The molecule has 0 aromatic heterocycles. The number of hydrogen-bond donors (Lipinski definition) is 0. The maximum atomic E-state index is 11.1. The largest absolute Gasteiger partial charge is 1.00 e. The molecule has 12 nitrogen and oxygen atoms in total. The molecular weight excluding hydrogens is 418 g/mol. The minimum atomic E-state index is -5.18. The number of nitro groups is 2. The molecule has 0 aliphatic carbocycles. The molecule has 0 unspecified atom stereocenters. The van der Waals surface area contributed by atoms with Crippen molar-refractivity contribution in [2.75, 3.05) is 0 Å². The Morgan fingerprint density at radius 3 is 1.23 bits per heavy atom. The maximum absolute atomic E-state index is 11.1. The van der Waals surface area contributed by atoms with E-state index in [0.717, 1.165) is 0 Å². The fourth-order valence-electron chi connectivity index (χ4n) is 1.99. The van der Waals surface area contributed by atoms with Gasteiger partial charge in [-0.1, -0.05) is 0 Å². The van der Waals surface area contributed by atoms with Gasteiger partial charge in [0.1, 0.15) is 25.6 Å². The van der Waals surface area contributed by atoms with Gasteiger partial charge in [0.2, 0.25) is 0 Å². The molecule has 0 heterocycles. The molecular formula is C10H4N2Na2O10S2. The van der Waals surface area contributed by atoms with Gasteiger partial charge in [-0.15, -0.1) is 0 Å². The Bertz CT molecular complexity index is 1030. The summed E-state index contributed by atoms with van der Waals surface area (Å²) in [6.45, 7) is 0. The van der Waals surface area contributed by atoms with Gasteiger partial charge in [0, 0.05) is 12.1 Å². The Labute approximate surface area is 190 Å². The normalized spacial score (nSPS) is 11.3. The molecule has 2 aromatic carbocycles. The van der Waals surface area contributed by atoms with Crippen molar-refractivity contribution in [3.05, 3.63) is 44.5 Å². The number of nitrogens with zero attached hydrogens (tertiary/aromatic N) is 2. The van der Waals surface area contributed by atoms with E-state index < -0.39 is 62.0 Å². The molecule has 128 valence electrons. The first kappa shape index (κ1) is 25.3. The van der Waals surface area contributed by atoms with E-state index >= 15 is 0 Å². The zero-order chi connectivity index (χ0) is 18.4. The average molecular weight is 422 g/mol. The predicted molar refractivity (Wildman–Crippen MR) is 73.2 cm³/mol. The molecule has 0 aliphatic rings. The zero-order valence-corrected chi connectivity index (χ0v) is 18.7. The Hall–Kier alpha value is -0.680. The summed E-state index contributed by atoms with van der Waals surface area (Å²) < 4.78 is 66.4. The first-order chi connectivity index (χ1) is 10.8. The van der Waals surface area contributed by atoms with Crippen LogP contribution in [0.4, 0.5) is 11.4 Å². The SMILES string of the molecule is O=[N+]([O-])c1cc(S(=O)(=O)[O-])cc2cc(S(=O)(=O)[O-])cc([N+](=O)[O-])c12.[Na+].[Na+]. The van der Waals surface area contributed by atoms with Crippen LogP contribution in [0.3, 0.4) is 0 Å². The molecule has 0 fully saturated rings. The van der Waals surface area contributed by atoms with Crippen molar-refractivity contribution in [2.45, 2.75) is 9.79 Å². The Balaban J connectivity index is 0.00000312. The average Bonchev–Trinajstić information content (AvgIpc) is 2.42. The molecule has 0 radical (unpaired) electrons. The number of nitro benzene ring substituents is 2. The second-order valence-electron chi connectivity index (χ2n) is 4.41. The number of fused-ring (bicyclic) bond motifs is 1. The molecule has 26 heavy (non-hydrogen) atoms. The second kappa shape index (κ2) is 8.55. The monoisotopic (exact) mass is 422 g/mol. The number of non-ortho nitro benzene ring substituents is 2. The van der Waals surface area contributed by atoms with Crippen LogP contribution in [0.2, 0.25) is 0 Å². The van der Waals surface area contributed by atoms with Crippen LogP contribution in [0, 0.1) is 20.2 Å². The fourth-order valence-corrected chi connectivity index (χ4v) is 3.05. The summed E-state index contributed by atoms with van der Waals surface area (Å²) in [5.74, 6) is 0. The first-order valence-electron chi connectivity index (χ1n) is 5.65. The molecule has 0 aliphatic heterocycles. The molecule has 2 aromatic rings. The molecule has 0 bridgehead atoms. The summed E-state index contributed by atoms with van der Waals surface area (Å²) in [5, 5.41) is 20.8. The van der Waals surface area contributed by atoms with E-state index in [2.05, 4.69) is 0 Å². The van der Waals surface area contributed by atoms with Gasteiger partial charge in [-0.3, -0.25) is 20.2 Å². The Kier molecular flexibility index (Phi) is 8.33. The van der Waals surface area contributed by atoms with Gasteiger partial charge in [-0.25, -0.2) is 16.8 Å². The second-order valence-corrected chi connectivity index (χ2v) is 7.16. The molecule has 0 saturated carbocycles. The van der Waals surface area contributed by atoms with E-state index in [1.807, 2.05) is 0 Å².